The Morgan fingerprint density at radius 1 is 0.976 bits per heavy atom. The number of non-ortho nitro benzene ring substituents is 1. The van der Waals surface area contributed by atoms with Gasteiger partial charge < -0.3 is 0 Å². The SMILES string of the molecule is CCCCC(/C=C(\F)C(F)(F)C(F)(F)C(F)(F)F)/C=C(/C=N/Nc1ccc([N+](=O)[O-])cc1[N+](=O)[O-])c1ccccc1. The van der Waals surface area contributed by atoms with Gasteiger partial charge in [0.25, 0.3) is 5.69 Å². The number of halogens is 8. The van der Waals surface area contributed by atoms with Gasteiger partial charge in [0.15, 0.2) is 5.83 Å². The molecule has 2 rings (SSSR count). The quantitative estimate of drug-likeness (QED) is 0.108. The van der Waals surface area contributed by atoms with Gasteiger partial charge in [-0.1, -0.05) is 56.2 Å². The summed E-state index contributed by atoms with van der Waals surface area (Å²) < 4.78 is 107. The average molecular weight is 594 g/mol. The summed E-state index contributed by atoms with van der Waals surface area (Å²) >= 11 is 0. The van der Waals surface area contributed by atoms with E-state index in [1.165, 1.54) is 12.1 Å². The van der Waals surface area contributed by atoms with E-state index >= 15 is 0 Å². The van der Waals surface area contributed by atoms with Gasteiger partial charge in [-0.15, -0.1) is 0 Å². The second-order valence-electron chi connectivity index (χ2n) is 8.54. The Bertz CT molecular complexity index is 1330. The fraction of sp³-hybridized carbons (Fsp3) is 0.320. The van der Waals surface area contributed by atoms with Crippen LogP contribution in [0.25, 0.3) is 5.57 Å². The van der Waals surface area contributed by atoms with Crippen molar-refractivity contribution in [2.24, 2.45) is 11.0 Å². The van der Waals surface area contributed by atoms with Gasteiger partial charge in [-0.05, 0) is 35.6 Å². The number of unbranched alkanes of at least 4 members (excludes halogenated alkanes) is 1. The molecule has 1 unspecified atom stereocenters. The summed E-state index contributed by atoms with van der Waals surface area (Å²) in [4.78, 5) is 20.5. The molecule has 0 heterocycles. The van der Waals surface area contributed by atoms with Crippen LogP contribution in [0.3, 0.4) is 0 Å². The van der Waals surface area contributed by atoms with Crippen LogP contribution in [0.15, 0.2) is 71.6 Å². The van der Waals surface area contributed by atoms with E-state index in [0.29, 0.717) is 18.1 Å². The average Bonchev–Trinajstić information content (AvgIpc) is 2.90. The van der Waals surface area contributed by atoms with Crippen molar-refractivity contribution in [2.75, 3.05) is 5.43 Å². The largest absolute Gasteiger partial charge is 0.460 e. The number of benzene rings is 2. The summed E-state index contributed by atoms with van der Waals surface area (Å²) in [5.41, 5.74) is 1.14. The van der Waals surface area contributed by atoms with E-state index in [-0.39, 0.29) is 30.2 Å². The van der Waals surface area contributed by atoms with E-state index in [9.17, 15) is 55.4 Å². The third-order valence-electron chi connectivity index (χ3n) is 5.58. The number of nitro groups is 2. The minimum Gasteiger partial charge on any atom is -0.272 e. The zero-order valence-corrected chi connectivity index (χ0v) is 21.0. The molecule has 16 heteroatoms. The van der Waals surface area contributed by atoms with Crippen molar-refractivity contribution in [2.45, 2.75) is 44.2 Å². The lowest BCUT2D eigenvalue weighted by atomic mass is 9.94. The molecule has 2 aromatic rings. The Kier molecular flexibility index (Phi) is 10.7. The molecule has 0 aliphatic rings. The Morgan fingerprint density at radius 3 is 2.15 bits per heavy atom. The normalized spacial score (nSPS) is 14.3. The summed E-state index contributed by atoms with van der Waals surface area (Å²) in [6, 6.07) is 10.3. The van der Waals surface area contributed by atoms with Crippen LogP contribution in [-0.2, 0) is 0 Å². The number of nitro benzene ring substituents is 2. The van der Waals surface area contributed by atoms with Crippen molar-refractivity contribution in [3.05, 3.63) is 92.3 Å². The Labute approximate surface area is 227 Å². The molecular formula is C25H22F8N4O4. The summed E-state index contributed by atoms with van der Waals surface area (Å²) in [7, 11) is 0. The Hall–Kier alpha value is -4.37. The van der Waals surface area contributed by atoms with Gasteiger partial charge in [-0.3, -0.25) is 25.7 Å². The minimum absolute atomic E-state index is 0.0132. The molecular weight excluding hydrogens is 572 g/mol. The molecule has 0 aromatic heterocycles. The second kappa shape index (κ2) is 13.3. The first-order chi connectivity index (χ1) is 19.0. The van der Waals surface area contributed by atoms with Crippen LogP contribution in [0.4, 0.5) is 52.2 Å². The van der Waals surface area contributed by atoms with Crippen LogP contribution in [0.1, 0.15) is 31.7 Å². The lowest BCUT2D eigenvalue weighted by Crippen LogP contribution is -2.52. The highest BCUT2D eigenvalue weighted by Crippen LogP contribution is 2.50. The van der Waals surface area contributed by atoms with Gasteiger partial charge in [-0.2, -0.15) is 35.8 Å². The molecule has 1 atom stereocenters. The number of alkyl halides is 7. The highest BCUT2D eigenvalue weighted by Gasteiger charge is 2.74. The third kappa shape index (κ3) is 8.08. The smallest absolute Gasteiger partial charge is 0.272 e. The van der Waals surface area contributed by atoms with Crippen molar-refractivity contribution >= 4 is 28.8 Å². The molecule has 0 bridgehead atoms. The van der Waals surface area contributed by atoms with Crippen molar-refractivity contribution in [1.29, 1.82) is 0 Å². The molecule has 222 valence electrons. The van der Waals surface area contributed by atoms with Gasteiger partial charge in [0, 0.05) is 6.07 Å². The number of anilines is 1. The maximum atomic E-state index is 14.4. The van der Waals surface area contributed by atoms with Gasteiger partial charge in [-0.25, -0.2) is 4.39 Å². The van der Waals surface area contributed by atoms with Crippen LogP contribution < -0.4 is 5.43 Å². The van der Waals surface area contributed by atoms with E-state index in [1.807, 2.05) is 0 Å². The van der Waals surface area contributed by atoms with Crippen LogP contribution in [0, 0.1) is 26.1 Å². The third-order valence-corrected chi connectivity index (χ3v) is 5.58. The van der Waals surface area contributed by atoms with Crippen LogP contribution in [-0.4, -0.2) is 34.1 Å². The van der Waals surface area contributed by atoms with Crippen molar-refractivity contribution in [3.63, 3.8) is 0 Å². The fourth-order valence-corrected chi connectivity index (χ4v) is 3.40. The van der Waals surface area contributed by atoms with Crippen molar-refractivity contribution in [3.8, 4) is 0 Å². The molecule has 41 heavy (non-hydrogen) atoms. The minimum atomic E-state index is -6.72. The lowest BCUT2D eigenvalue weighted by Gasteiger charge is -2.27. The van der Waals surface area contributed by atoms with Crippen LogP contribution in [0.5, 0.6) is 0 Å². The highest BCUT2D eigenvalue weighted by atomic mass is 19.4. The van der Waals surface area contributed by atoms with Gasteiger partial charge in [0.2, 0.25) is 0 Å². The first kappa shape index (κ1) is 32.8. The number of allylic oxidation sites excluding steroid dienone is 4. The number of hydrogen-bond acceptors (Lipinski definition) is 6. The summed E-state index contributed by atoms with van der Waals surface area (Å²) in [5.74, 6) is -17.2. The fourth-order valence-electron chi connectivity index (χ4n) is 3.40. The number of nitrogens with one attached hydrogen (secondary N) is 1. The van der Waals surface area contributed by atoms with Crippen molar-refractivity contribution < 1.29 is 45.0 Å². The first-order valence-corrected chi connectivity index (χ1v) is 11.7. The maximum Gasteiger partial charge on any atom is 0.460 e. The van der Waals surface area contributed by atoms with Crippen LogP contribution in [0.2, 0.25) is 0 Å². The van der Waals surface area contributed by atoms with Gasteiger partial charge in [0.05, 0.1) is 22.1 Å². The number of hydrazone groups is 1. The van der Waals surface area contributed by atoms with Crippen molar-refractivity contribution in [1.82, 2.24) is 0 Å². The number of rotatable bonds is 13. The molecule has 8 nitrogen and oxygen atoms in total. The molecule has 0 saturated carbocycles. The van der Waals surface area contributed by atoms with E-state index in [1.54, 1.807) is 25.1 Å². The number of hydrogen-bond donors (Lipinski definition) is 1. The summed E-state index contributed by atoms with van der Waals surface area (Å²) in [6.45, 7) is 1.67. The molecule has 0 spiro atoms. The molecule has 0 radical (unpaired) electrons. The van der Waals surface area contributed by atoms with E-state index in [0.717, 1.165) is 24.4 Å². The standard InChI is InChI=1S/C25H22F8N4O4/c1-2-3-7-16(13-22(26)23(27,28)24(29,30)25(31,32)33)12-18(17-8-5-4-6-9-17)15-34-35-20-11-10-19(36(38)39)14-21(20)37(40)41/h4-6,8-16,35H,2-3,7H2,1H3/b18-12-,22-13-,34-15+. The summed E-state index contributed by atoms with van der Waals surface area (Å²) in [5, 5.41) is 26.1. The Morgan fingerprint density at radius 2 is 1.61 bits per heavy atom. The van der Waals surface area contributed by atoms with E-state index in [2.05, 4.69) is 10.5 Å². The Balaban J connectivity index is 2.54. The van der Waals surface area contributed by atoms with E-state index in [4.69, 9.17) is 0 Å². The predicted octanol–water partition coefficient (Wildman–Crippen LogP) is 8.48. The van der Waals surface area contributed by atoms with Crippen LogP contribution >= 0.6 is 0 Å². The molecule has 1 N–H and O–H groups in total. The monoisotopic (exact) mass is 594 g/mol. The van der Waals surface area contributed by atoms with E-state index < -0.39 is 51.0 Å². The molecule has 0 aliphatic carbocycles. The maximum absolute atomic E-state index is 14.4. The summed E-state index contributed by atoms with van der Waals surface area (Å²) in [6.07, 6.45) is -4.03. The first-order valence-electron chi connectivity index (χ1n) is 11.7. The molecule has 0 fully saturated rings. The number of nitrogens with zero attached hydrogens (tertiary/aromatic N) is 3. The molecule has 2 aromatic carbocycles. The lowest BCUT2D eigenvalue weighted by molar-refractivity contribution is -0.393. The molecule has 0 saturated heterocycles. The predicted molar refractivity (Wildman–Crippen MR) is 134 cm³/mol. The zero-order valence-electron chi connectivity index (χ0n) is 21.0. The van der Waals surface area contributed by atoms with Gasteiger partial charge in [0.1, 0.15) is 5.69 Å². The highest BCUT2D eigenvalue weighted by molar-refractivity contribution is 6.10. The zero-order chi connectivity index (χ0) is 31.0. The molecule has 0 aliphatic heterocycles. The topological polar surface area (TPSA) is 111 Å². The second-order valence-corrected chi connectivity index (χ2v) is 8.54. The molecule has 0 amide bonds. The van der Waals surface area contributed by atoms with Gasteiger partial charge >= 0.3 is 23.7 Å².